The van der Waals surface area contributed by atoms with Crippen molar-refractivity contribution in [3.8, 4) is 0 Å². The molecule has 0 radical (unpaired) electrons. The lowest BCUT2D eigenvalue weighted by Gasteiger charge is -2.27. The second-order valence-electron chi connectivity index (χ2n) is 5.62. The van der Waals surface area contributed by atoms with Gasteiger partial charge >= 0.3 is 5.97 Å². The van der Waals surface area contributed by atoms with Gasteiger partial charge in [0.15, 0.2) is 0 Å². The molecule has 1 atom stereocenters. The van der Waals surface area contributed by atoms with Gasteiger partial charge < -0.3 is 4.74 Å². The summed E-state index contributed by atoms with van der Waals surface area (Å²) in [4.78, 5) is 28.3. The molecule has 0 aliphatic carbocycles. The van der Waals surface area contributed by atoms with Crippen molar-refractivity contribution in [3.63, 3.8) is 0 Å². The molecule has 3 heterocycles. The molecule has 0 saturated carbocycles. The normalized spacial score (nSPS) is 17.4. The third-order valence-corrected chi connectivity index (χ3v) is 3.89. The summed E-state index contributed by atoms with van der Waals surface area (Å²) >= 11 is 0. The molecule has 1 amide bonds. The van der Waals surface area contributed by atoms with E-state index in [0.717, 1.165) is 5.01 Å². The number of aryl methyl sites for hydroxylation is 1. The van der Waals surface area contributed by atoms with Crippen molar-refractivity contribution >= 4 is 23.3 Å². The minimum absolute atomic E-state index is 0.0159. The molecule has 2 aromatic heterocycles. The minimum Gasteiger partial charge on any atom is -0.468 e. The predicted octanol–water partition coefficient (Wildman–Crippen LogP) is 1.68. The molecular weight excluding hydrogens is 348 g/mol. The molecule has 26 heavy (non-hydrogen) atoms. The summed E-state index contributed by atoms with van der Waals surface area (Å²) < 4.78 is 31.5. The third kappa shape index (κ3) is 3.30. The molecule has 0 saturated heterocycles. The first-order chi connectivity index (χ1) is 12.4. The van der Waals surface area contributed by atoms with Crippen molar-refractivity contribution < 1.29 is 23.1 Å². The summed E-state index contributed by atoms with van der Waals surface area (Å²) in [5.41, 5.74) is 0.803. The maximum Gasteiger partial charge on any atom is 0.318 e. The van der Waals surface area contributed by atoms with Crippen LogP contribution < -0.4 is 5.01 Å². The van der Waals surface area contributed by atoms with E-state index in [9.17, 15) is 18.4 Å². The number of hydrogen-bond acceptors (Lipinski definition) is 6. The molecule has 8 nitrogen and oxygen atoms in total. The van der Waals surface area contributed by atoms with E-state index >= 15 is 0 Å². The number of esters is 1. The number of hydrazone groups is 1. The first-order valence-corrected chi connectivity index (χ1v) is 7.63. The summed E-state index contributed by atoms with van der Waals surface area (Å²) in [6, 6.07) is 2.61. The maximum absolute atomic E-state index is 12.7. The average molecular weight is 363 g/mol. The highest BCUT2D eigenvalue weighted by molar-refractivity contribution is 6.15. The lowest BCUT2D eigenvalue weighted by atomic mass is 9.95. The topological polar surface area (TPSA) is 89.7 Å². The molecule has 0 aromatic carbocycles. The number of pyridine rings is 1. The highest BCUT2D eigenvalue weighted by Gasteiger charge is 2.38. The van der Waals surface area contributed by atoms with Gasteiger partial charge in [-0.15, -0.1) is 0 Å². The monoisotopic (exact) mass is 363 g/mol. The van der Waals surface area contributed by atoms with Crippen LogP contribution in [0.25, 0.3) is 0 Å². The van der Waals surface area contributed by atoms with Crippen LogP contribution in [-0.2, 0) is 21.4 Å². The van der Waals surface area contributed by atoms with Crippen LogP contribution in [0.1, 0.15) is 24.1 Å². The SMILES string of the molecule is COC(=O)C1CC(c2ccc(C(F)F)nc2)=NN(c2cnn(C)c2)C1=O. The van der Waals surface area contributed by atoms with Gasteiger partial charge in [0, 0.05) is 25.2 Å². The molecule has 1 aliphatic heterocycles. The van der Waals surface area contributed by atoms with Crippen molar-refractivity contribution in [2.24, 2.45) is 18.1 Å². The zero-order chi connectivity index (χ0) is 18.8. The molecule has 10 heteroatoms. The number of alkyl halides is 2. The van der Waals surface area contributed by atoms with Crippen molar-refractivity contribution in [2.75, 3.05) is 12.1 Å². The average Bonchev–Trinajstić information content (AvgIpc) is 3.07. The molecule has 0 fully saturated rings. The fraction of sp³-hybridized carbons (Fsp3) is 0.312. The number of methoxy groups -OCH3 is 1. The summed E-state index contributed by atoms with van der Waals surface area (Å²) in [7, 11) is 2.86. The Morgan fingerprint density at radius 3 is 2.65 bits per heavy atom. The van der Waals surface area contributed by atoms with Gasteiger partial charge in [0.1, 0.15) is 17.3 Å². The molecule has 1 unspecified atom stereocenters. The molecule has 0 N–H and O–H groups in total. The Bertz CT molecular complexity index is 863. The van der Waals surface area contributed by atoms with Crippen LogP contribution in [-0.4, -0.2) is 39.5 Å². The molecule has 2 aromatic rings. The lowest BCUT2D eigenvalue weighted by molar-refractivity contribution is -0.149. The zero-order valence-corrected chi connectivity index (χ0v) is 14.0. The Hall–Kier alpha value is -3.17. The van der Waals surface area contributed by atoms with Gasteiger partial charge in [0.05, 0.1) is 25.2 Å². The number of carbonyl (C=O) groups excluding carboxylic acids is 2. The van der Waals surface area contributed by atoms with Crippen molar-refractivity contribution in [1.29, 1.82) is 0 Å². The first-order valence-electron chi connectivity index (χ1n) is 7.63. The van der Waals surface area contributed by atoms with E-state index in [1.807, 2.05) is 0 Å². The Labute approximate surface area is 147 Å². The number of ether oxygens (including phenoxy) is 1. The van der Waals surface area contributed by atoms with Crippen LogP contribution in [0.3, 0.4) is 0 Å². The maximum atomic E-state index is 12.7. The van der Waals surface area contributed by atoms with E-state index in [0.29, 0.717) is 17.0 Å². The lowest BCUT2D eigenvalue weighted by Crippen LogP contribution is -2.42. The minimum atomic E-state index is -2.69. The van der Waals surface area contributed by atoms with E-state index in [2.05, 4.69) is 15.2 Å². The van der Waals surface area contributed by atoms with Crippen molar-refractivity contribution in [1.82, 2.24) is 14.8 Å². The summed E-state index contributed by atoms with van der Waals surface area (Å²) in [6.45, 7) is 0. The second-order valence-corrected chi connectivity index (χ2v) is 5.62. The number of carbonyl (C=O) groups is 2. The fourth-order valence-electron chi connectivity index (χ4n) is 2.55. The van der Waals surface area contributed by atoms with E-state index in [1.165, 1.54) is 36.3 Å². The predicted molar refractivity (Wildman–Crippen MR) is 86.5 cm³/mol. The number of amides is 1. The van der Waals surface area contributed by atoms with E-state index < -0.39 is 24.2 Å². The molecule has 136 valence electrons. The Morgan fingerprint density at radius 1 is 1.35 bits per heavy atom. The Morgan fingerprint density at radius 2 is 2.12 bits per heavy atom. The van der Waals surface area contributed by atoms with Crippen LogP contribution in [0.15, 0.2) is 35.8 Å². The number of nitrogens with zero attached hydrogens (tertiary/aromatic N) is 5. The van der Waals surface area contributed by atoms with Crippen molar-refractivity contribution in [3.05, 3.63) is 42.0 Å². The van der Waals surface area contributed by atoms with E-state index in [-0.39, 0.29) is 12.1 Å². The number of aromatic nitrogens is 3. The van der Waals surface area contributed by atoms with Crippen LogP contribution in [0.4, 0.5) is 14.5 Å². The Kier molecular flexibility index (Phi) is 4.74. The van der Waals surface area contributed by atoms with Gasteiger partial charge in [0.2, 0.25) is 0 Å². The van der Waals surface area contributed by atoms with Crippen LogP contribution >= 0.6 is 0 Å². The summed E-state index contributed by atoms with van der Waals surface area (Å²) in [5, 5.41) is 9.32. The van der Waals surface area contributed by atoms with Crippen LogP contribution in [0.5, 0.6) is 0 Å². The zero-order valence-electron chi connectivity index (χ0n) is 14.0. The quantitative estimate of drug-likeness (QED) is 0.609. The number of anilines is 1. The van der Waals surface area contributed by atoms with Crippen LogP contribution in [0, 0.1) is 5.92 Å². The van der Waals surface area contributed by atoms with Gasteiger partial charge in [-0.3, -0.25) is 19.3 Å². The highest BCUT2D eigenvalue weighted by Crippen LogP contribution is 2.26. The van der Waals surface area contributed by atoms with Gasteiger partial charge in [-0.2, -0.15) is 15.2 Å². The fourth-order valence-corrected chi connectivity index (χ4v) is 2.55. The molecule has 1 aliphatic rings. The molecular formula is C16H15F2N5O3. The molecule has 0 spiro atoms. The number of rotatable bonds is 4. The Balaban J connectivity index is 2.01. The van der Waals surface area contributed by atoms with Gasteiger partial charge in [-0.25, -0.2) is 8.78 Å². The third-order valence-electron chi connectivity index (χ3n) is 3.89. The van der Waals surface area contributed by atoms with E-state index in [4.69, 9.17) is 4.74 Å². The van der Waals surface area contributed by atoms with Crippen LogP contribution in [0.2, 0.25) is 0 Å². The highest BCUT2D eigenvalue weighted by atomic mass is 19.3. The van der Waals surface area contributed by atoms with E-state index in [1.54, 1.807) is 13.2 Å². The number of hydrogen-bond donors (Lipinski definition) is 0. The second kappa shape index (κ2) is 6.98. The van der Waals surface area contributed by atoms with Gasteiger partial charge in [-0.1, -0.05) is 0 Å². The smallest absolute Gasteiger partial charge is 0.318 e. The number of halogens is 2. The largest absolute Gasteiger partial charge is 0.468 e. The summed E-state index contributed by atoms with van der Waals surface area (Å²) in [5.74, 6) is -2.35. The van der Waals surface area contributed by atoms with Crippen molar-refractivity contribution in [2.45, 2.75) is 12.8 Å². The summed E-state index contributed by atoms with van der Waals surface area (Å²) in [6.07, 6.45) is 1.53. The molecule has 3 rings (SSSR count). The molecule has 0 bridgehead atoms. The standard InChI is InChI=1S/C16H15F2N5O3/c1-22-8-10(7-20-22)23-15(24)11(16(25)26-2)5-13(21-23)9-3-4-12(14(17)18)19-6-9/h3-4,6-8,11,14H,5H2,1-2H3. The van der Waals surface area contributed by atoms with Gasteiger partial charge in [0.25, 0.3) is 12.3 Å². The first kappa shape index (κ1) is 17.6. The van der Waals surface area contributed by atoms with Gasteiger partial charge in [-0.05, 0) is 12.1 Å².